The molecule has 0 bridgehead atoms. The summed E-state index contributed by atoms with van der Waals surface area (Å²) in [5.74, 6) is 1.98. The van der Waals surface area contributed by atoms with Crippen molar-refractivity contribution in [2.45, 2.75) is 37.5 Å². The number of piperidine rings is 1. The Morgan fingerprint density at radius 3 is 2.15 bits per heavy atom. The molecule has 68 heavy (non-hydrogen) atoms. The average molecular weight is 926 g/mol. The van der Waals surface area contributed by atoms with Crippen LogP contribution < -0.4 is 47.2 Å². The van der Waals surface area contributed by atoms with Crippen LogP contribution in [0.5, 0.6) is 11.6 Å². The van der Waals surface area contributed by atoms with Crippen LogP contribution in [0.25, 0.3) is 22.8 Å². The monoisotopic (exact) mass is 925 g/mol. The molecule has 0 aliphatic carbocycles. The summed E-state index contributed by atoms with van der Waals surface area (Å²) in [6.45, 7) is 10.3. The molecule has 9 rings (SSSR count). The van der Waals surface area contributed by atoms with E-state index in [1.807, 2.05) is 18.2 Å². The van der Waals surface area contributed by atoms with Gasteiger partial charge in [-0.05, 0) is 81.2 Å². The van der Waals surface area contributed by atoms with Gasteiger partial charge in [-0.2, -0.15) is 9.97 Å². The van der Waals surface area contributed by atoms with E-state index in [9.17, 15) is 18.4 Å². The van der Waals surface area contributed by atoms with Crippen LogP contribution in [0.1, 0.15) is 60.2 Å². The lowest BCUT2D eigenvalue weighted by Crippen LogP contribution is -2.27. The summed E-state index contributed by atoms with van der Waals surface area (Å²) in [4.78, 5) is 56.5. The highest BCUT2D eigenvalue weighted by Gasteiger charge is 2.22. The predicted molar refractivity (Wildman–Crippen MR) is 258 cm³/mol. The molecule has 0 amide bonds. The third-order valence-corrected chi connectivity index (χ3v) is 11.3. The van der Waals surface area contributed by atoms with Crippen molar-refractivity contribution in [2.24, 2.45) is 0 Å². The molecule has 7 aromatic rings. The lowest BCUT2D eigenvalue weighted by molar-refractivity contribution is 0.0844. The Kier molecular flexibility index (Phi) is 14.7. The number of methoxy groups -OCH3 is 2. The van der Waals surface area contributed by atoms with Crippen molar-refractivity contribution in [1.29, 1.82) is 0 Å². The number of benzene rings is 1. The Morgan fingerprint density at radius 2 is 1.47 bits per heavy atom. The molecule has 1 aromatic carbocycles. The number of ether oxygens (including phenoxy) is 3. The van der Waals surface area contributed by atoms with Gasteiger partial charge in [0.15, 0.2) is 0 Å². The molecular formula is C48H49F2N13O5. The second-order valence-electron chi connectivity index (χ2n) is 15.7. The molecule has 18 nitrogen and oxygen atoms in total. The number of nitrogens with one attached hydrogen (secondary N) is 7. The van der Waals surface area contributed by atoms with E-state index in [0.29, 0.717) is 57.6 Å². The summed E-state index contributed by atoms with van der Waals surface area (Å²) in [7, 11) is 3.19. The number of fused-ring (bicyclic) bond motifs is 1. The zero-order chi connectivity index (χ0) is 47.6. The van der Waals surface area contributed by atoms with Crippen molar-refractivity contribution >= 4 is 69.1 Å². The average Bonchev–Trinajstić information content (AvgIpc) is 3.36. The summed E-state index contributed by atoms with van der Waals surface area (Å²) >= 11 is 0. The molecule has 6 aromatic heterocycles. The quantitative estimate of drug-likeness (QED) is 0.0543. The van der Waals surface area contributed by atoms with E-state index in [4.69, 9.17) is 14.2 Å². The van der Waals surface area contributed by atoms with Crippen molar-refractivity contribution in [3.05, 3.63) is 142 Å². The van der Waals surface area contributed by atoms with E-state index in [1.54, 1.807) is 56.9 Å². The van der Waals surface area contributed by atoms with E-state index >= 15 is 0 Å². The molecule has 2 fully saturated rings. The standard InChI is InChI=1S/C24H24FN7O2.C24H25FN6O3/c1-34-19-12-16(13-28-22(19)14-5-8-26-9-6-14)29-24-27-10-7-20(31-24)30-18-11-15-3-2-4-17(25)21(15)32-23(18)33;1-4-15-13-19(22(32)31-21(15)14(2)25)27-20-7-10-26-24(30-20)29-18-6-5-17(28-23(18)33-3)16-8-11-34-12-9-16/h2-4,7,10-14,26H,5-6,8-9H2,1H3,(H,32,33)(H2,27,29,30,31);4-7,10,13,16H,1-2,8-9,11-12H2,3H3,(H,31,32)(H2,26,27,29,30). The number of aromatic amines is 2. The first-order chi connectivity index (χ1) is 33.1. The SMILES string of the molecule is C=Cc1cc(Nc2ccnc(Nc3ccc(C4CCOCC4)nc3OC)n2)c(=O)[nH]c1C(=C)F.COc1cc(Nc2nccc(Nc3cc4cccc(F)c4[nH]c3=O)n2)cnc1C1CCNCC1. The van der Waals surface area contributed by atoms with Crippen LogP contribution in [0.15, 0.2) is 102 Å². The molecule has 0 saturated carbocycles. The van der Waals surface area contributed by atoms with Crippen LogP contribution >= 0.6 is 0 Å². The van der Waals surface area contributed by atoms with E-state index < -0.39 is 22.8 Å². The van der Waals surface area contributed by atoms with Gasteiger partial charge < -0.3 is 50.8 Å². The molecule has 7 N–H and O–H groups in total. The van der Waals surface area contributed by atoms with Gasteiger partial charge in [-0.25, -0.2) is 23.7 Å². The zero-order valence-corrected chi connectivity index (χ0v) is 37.3. The van der Waals surface area contributed by atoms with E-state index in [1.165, 1.54) is 24.4 Å². The first-order valence-electron chi connectivity index (χ1n) is 21.8. The normalized spacial score (nSPS) is 14.0. The van der Waals surface area contributed by atoms with Crippen molar-refractivity contribution in [1.82, 2.24) is 45.2 Å². The van der Waals surface area contributed by atoms with Gasteiger partial charge in [0.2, 0.25) is 17.8 Å². The van der Waals surface area contributed by atoms with Crippen molar-refractivity contribution in [2.75, 3.05) is 61.8 Å². The van der Waals surface area contributed by atoms with Crippen molar-refractivity contribution in [3.8, 4) is 11.6 Å². The summed E-state index contributed by atoms with van der Waals surface area (Å²) < 4.78 is 44.0. The number of pyridine rings is 4. The number of H-pyrrole nitrogens is 2. The first kappa shape index (κ1) is 46.4. The second-order valence-corrected chi connectivity index (χ2v) is 15.7. The minimum absolute atomic E-state index is 0.0145. The molecule has 2 saturated heterocycles. The molecule has 350 valence electrons. The van der Waals surface area contributed by atoms with E-state index in [2.05, 4.69) is 79.6 Å². The second kappa shape index (κ2) is 21.5. The Labute approximate surface area is 388 Å². The molecule has 0 atom stereocenters. The highest BCUT2D eigenvalue weighted by Crippen LogP contribution is 2.34. The number of anilines is 8. The smallest absolute Gasteiger partial charge is 0.272 e. The fourth-order valence-electron chi connectivity index (χ4n) is 7.83. The largest absolute Gasteiger partial charge is 0.495 e. The lowest BCUT2D eigenvalue weighted by atomic mass is 9.93. The van der Waals surface area contributed by atoms with Crippen LogP contribution in [0, 0.1) is 5.82 Å². The number of para-hydroxylation sites is 1. The van der Waals surface area contributed by atoms with Crippen LogP contribution in [-0.2, 0) is 4.74 Å². The van der Waals surface area contributed by atoms with Gasteiger partial charge in [0.05, 0.1) is 43.0 Å². The fraction of sp³-hybridized carbons (Fsp3) is 0.250. The maximum Gasteiger partial charge on any atom is 0.272 e. The van der Waals surface area contributed by atoms with Gasteiger partial charge in [-0.3, -0.25) is 14.6 Å². The van der Waals surface area contributed by atoms with Gasteiger partial charge in [0.25, 0.3) is 11.1 Å². The van der Waals surface area contributed by atoms with Gasteiger partial charge >= 0.3 is 0 Å². The summed E-state index contributed by atoms with van der Waals surface area (Å²) in [5.41, 5.74) is 3.19. The molecule has 2 aliphatic rings. The first-order valence-corrected chi connectivity index (χ1v) is 21.8. The highest BCUT2D eigenvalue weighted by molar-refractivity contribution is 5.83. The topological polar surface area (TPSA) is 231 Å². The van der Waals surface area contributed by atoms with Gasteiger partial charge in [-0.15, -0.1) is 0 Å². The van der Waals surface area contributed by atoms with Crippen LogP contribution in [0.3, 0.4) is 0 Å². The molecule has 8 heterocycles. The van der Waals surface area contributed by atoms with Crippen LogP contribution in [0.2, 0.25) is 0 Å². The third kappa shape index (κ3) is 11.1. The Hall–Kier alpha value is -8.10. The fourth-order valence-corrected chi connectivity index (χ4v) is 7.83. The molecular weight excluding hydrogens is 877 g/mol. The number of nitrogens with zero attached hydrogens (tertiary/aromatic N) is 6. The number of rotatable bonds is 14. The predicted octanol–water partition coefficient (Wildman–Crippen LogP) is 8.35. The van der Waals surface area contributed by atoms with Gasteiger partial charge in [0, 0.05) is 60.2 Å². The Bertz CT molecular complexity index is 3060. The molecule has 0 unspecified atom stereocenters. The number of hydrogen-bond acceptors (Lipinski definition) is 16. The minimum Gasteiger partial charge on any atom is -0.495 e. The number of hydrogen-bond donors (Lipinski definition) is 7. The lowest BCUT2D eigenvalue weighted by Gasteiger charge is -2.23. The Morgan fingerprint density at radius 1 is 0.779 bits per heavy atom. The van der Waals surface area contributed by atoms with E-state index in [-0.39, 0.29) is 28.5 Å². The molecule has 2 aliphatic heterocycles. The van der Waals surface area contributed by atoms with Gasteiger partial charge in [0.1, 0.15) is 46.1 Å². The molecule has 0 spiro atoms. The maximum atomic E-state index is 13.9. The summed E-state index contributed by atoms with van der Waals surface area (Å²) in [5, 5.41) is 16.1. The third-order valence-electron chi connectivity index (χ3n) is 11.3. The molecule has 0 radical (unpaired) electrons. The van der Waals surface area contributed by atoms with E-state index in [0.717, 1.165) is 69.1 Å². The number of halogens is 2. The highest BCUT2D eigenvalue weighted by atomic mass is 19.1. The zero-order valence-electron chi connectivity index (χ0n) is 37.3. The number of aromatic nitrogens is 8. The minimum atomic E-state index is -0.752. The van der Waals surface area contributed by atoms with Crippen LogP contribution in [0.4, 0.5) is 55.1 Å². The van der Waals surface area contributed by atoms with Crippen molar-refractivity contribution < 1.29 is 23.0 Å². The summed E-state index contributed by atoms with van der Waals surface area (Å²) in [6, 6.07) is 16.6. The summed E-state index contributed by atoms with van der Waals surface area (Å²) in [6.07, 6.45) is 10.2. The van der Waals surface area contributed by atoms with Crippen LogP contribution in [-0.4, -0.2) is 80.4 Å². The van der Waals surface area contributed by atoms with Crippen molar-refractivity contribution in [3.63, 3.8) is 0 Å². The van der Waals surface area contributed by atoms with Gasteiger partial charge in [-0.1, -0.05) is 31.4 Å². The molecule has 20 heteroatoms. The Balaban J connectivity index is 0.000000184. The maximum absolute atomic E-state index is 13.9.